The Hall–Kier alpha value is -6.78. The summed E-state index contributed by atoms with van der Waals surface area (Å²) in [5, 5.41) is 0. The van der Waals surface area contributed by atoms with Crippen LogP contribution in [0, 0.1) is 0 Å². The van der Waals surface area contributed by atoms with Crippen molar-refractivity contribution in [3.63, 3.8) is 0 Å². The van der Waals surface area contributed by atoms with Crippen molar-refractivity contribution in [3.05, 3.63) is 207 Å². The van der Waals surface area contributed by atoms with E-state index in [1.807, 2.05) is 49.1 Å². The summed E-state index contributed by atoms with van der Waals surface area (Å²) in [6.07, 6.45) is 7.65. The number of benzene rings is 6. The first-order valence-corrected chi connectivity index (χ1v) is 16.7. The van der Waals surface area contributed by atoms with Crippen LogP contribution in [0.4, 0.5) is 34.1 Å². The van der Waals surface area contributed by atoms with Crippen molar-refractivity contribution >= 4 is 34.1 Å². The first-order valence-electron chi connectivity index (χ1n) is 16.7. The van der Waals surface area contributed by atoms with Gasteiger partial charge in [-0.05, 0) is 107 Å². The highest BCUT2D eigenvalue weighted by Gasteiger charge is 2.17. The van der Waals surface area contributed by atoms with Gasteiger partial charge in [-0.15, -0.1) is 0 Å². The second-order valence-electron chi connectivity index (χ2n) is 11.9. The second-order valence-corrected chi connectivity index (χ2v) is 11.9. The lowest BCUT2D eigenvalue weighted by molar-refractivity contribution is 1.28. The fraction of sp³-hybridized carbons (Fsp3) is 0. The van der Waals surface area contributed by atoms with Crippen LogP contribution in [0.25, 0.3) is 33.4 Å². The van der Waals surface area contributed by atoms with E-state index in [9.17, 15) is 0 Å². The summed E-state index contributed by atoms with van der Waals surface area (Å²) < 4.78 is 0. The summed E-state index contributed by atoms with van der Waals surface area (Å²) in [5.41, 5.74) is 13.1. The molecule has 0 unspecified atom stereocenters. The lowest BCUT2D eigenvalue weighted by Crippen LogP contribution is -2.09. The zero-order chi connectivity index (χ0) is 33.5. The fourth-order valence-electron chi connectivity index (χ4n) is 6.50. The number of nitrogens with zero attached hydrogens (tertiary/aromatic N) is 4. The average molecular weight is 643 g/mol. The van der Waals surface area contributed by atoms with Gasteiger partial charge in [0.1, 0.15) is 0 Å². The summed E-state index contributed by atoms with van der Waals surface area (Å²) >= 11 is 0. The van der Waals surface area contributed by atoms with Crippen molar-refractivity contribution in [1.29, 1.82) is 0 Å². The van der Waals surface area contributed by atoms with Gasteiger partial charge in [0, 0.05) is 70.0 Å². The molecule has 0 aliphatic carbocycles. The van der Waals surface area contributed by atoms with Crippen molar-refractivity contribution in [2.24, 2.45) is 0 Å². The Morgan fingerprint density at radius 3 is 0.840 bits per heavy atom. The fourth-order valence-corrected chi connectivity index (χ4v) is 6.50. The standard InChI is InChI=1S/C46H34N4/c1-5-13-37(14-6-1)49(38-15-7-2-8-16-38)41-25-21-35(22-26-41)45-33-47-31-29-43(45)44-30-32-48-34-46(44)36-23-27-42(28-24-36)50(39-17-9-3-10-18-39)40-19-11-4-12-20-40/h1-34H. The van der Waals surface area contributed by atoms with Crippen LogP contribution in [0.1, 0.15) is 0 Å². The van der Waals surface area contributed by atoms with Gasteiger partial charge in [0.2, 0.25) is 0 Å². The Kier molecular flexibility index (Phi) is 8.64. The van der Waals surface area contributed by atoms with E-state index in [0.717, 1.165) is 67.5 Å². The van der Waals surface area contributed by atoms with Gasteiger partial charge in [0.05, 0.1) is 0 Å². The topological polar surface area (TPSA) is 32.3 Å². The minimum absolute atomic E-state index is 1.06. The molecule has 0 saturated carbocycles. The molecule has 0 bridgehead atoms. The molecule has 0 N–H and O–H groups in total. The van der Waals surface area contributed by atoms with Gasteiger partial charge >= 0.3 is 0 Å². The van der Waals surface area contributed by atoms with Gasteiger partial charge in [-0.3, -0.25) is 9.97 Å². The normalized spacial score (nSPS) is 10.8. The molecule has 0 spiro atoms. The summed E-state index contributed by atoms with van der Waals surface area (Å²) in [7, 11) is 0. The molecular formula is C46H34N4. The maximum atomic E-state index is 4.56. The number of pyridine rings is 2. The number of hydrogen-bond donors (Lipinski definition) is 0. The Labute approximate surface area is 293 Å². The molecule has 50 heavy (non-hydrogen) atoms. The lowest BCUT2D eigenvalue weighted by Gasteiger charge is -2.26. The van der Waals surface area contributed by atoms with Crippen LogP contribution in [0.5, 0.6) is 0 Å². The summed E-state index contributed by atoms with van der Waals surface area (Å²) in [5.74, 6) is 0. The van der Waals surface area contributed by atoms with Crippen LogP contribution in [-0.4, -0.2) is 9.97 Å². The molecule has 0 fully saturated rings. The Morgan fingerprint density at radius 2 is 0.540 bits per heavy atom. The maximum absolute atomic E-state index is 4.56. The predicted octanol–water partition coefficient (Wildman–Crippen LogP) is 12.4. The Bertz CT molecular complexity index is 2040. The van der Waals surface area contributed by atoms with E-state index in [0.29, 0.717) is 0 Å². The molecule has 4 nitrogen and oxygen atoms in total. The SMILES string of the molecule is c1ccc(N(c2ccccc2)c2ccc(-c3cnccc3-c3ccncc3-c3ccc(N(c4ccccc4)c4ccccc4)cc3)cc2)cc1. The van der Waals surface area contributed by atoms with Gasteiger partial charge in [-0.1, -0.05) is 97.1 Å². The molecule has 2 aromatic heterocycles. The first-order chi connectivity index (χ1) is 24.8. The van der Waals surface area contributed by atoms with E-state index in [-0.39, 0.29) is 0 Å². The zero-order valence-corrected chi connectivity index (χ0v) is 27.4. The molecule has 0 radical (unpaired) electrons. The molecule has 0 aliphatic heterocycles. The number of para-hydroxylation sites is 4. The third kappa shape index (κ3) is 6.26. The van der Waals surface area contributed by atoms with Gasteiger partial charge in [-0.25, -0.2) is 0 Å². The van der Waals surface area contributed by atoms with E-state index in [1.165, 1.54) is 0 Å². The molecular weight excluding hydrogens is 609 g/mol. The van der Waals surface area contributed by atoms with Crippen LogP contribution in [0.15, 0.2) is 207 Å². The minimum Gasteiger partial charge on any atom is -0.311 e. The maximum Gasteiger partial charge on any atom is 0.0462 e. The summed E-state index contributed by atoms with van der Waals surface area (Å²) in [6.45, 7) is 0. The third-order valence-electron chi connectivity index (χ3n) is 8.86. The third-order valence-corrected chi connectivity index (χ3v) is 8.86. The number of rotatable bonds is 9. The second kappa shape index (κ2) is 14.1. The molecule has 6 aromatic carbocycles. The highest BCUT2D eigenvalue weighted by Crippen LogP contribution is 2.41. The van der Waals surface area contributed by atoms with E-state index in [1.54, 1.807) is 0 Å². The molecule has 0 amide bonds. The molecule has 2 heterocycles. The van der Waals surface area contributed by atoms with Crippen molar-refractivity contribution in [3.8, 4) is 33.4 Å². The predicted molar refractivity (Wildman–Crippen MR) is 208 cm³/mol. The van der Waals surface area contributed by atoms with Crippen LogP contribution >= 0.6 is 0 Å². The van der Waals surface area contributed by atoms with Crippen molar-refractivity contribution in [2.45, 2.75) is 0 Å². The van der Waals surface area contributed by atoms with E-state index >= 15 is 0 Å². The monoisotopic (exact) mass is 642 g/mol. The number of aromatic nitrogens is 2. The quantitative estimate of drug-likeness (QED) is 0.157. The molecule has 0 saturated heterocycles. The first kappa shape index (κ1) is 30.5. The van der Waals surface area contributed by atoms with E-state index < -0.39 is 0 Å². The van der Waals surface area contributed by atoms with Crippen LogP contribution in [0.3, 0.4) is 0 Å². The molecule has 4 heteroatoms. The van der Waals surface area contributed by atoms with Gasteiger partial charge in [0.15, 0.2) is 0 Å². The van der Waals surface area contributed by atoms with Gasteiger partial charge < -0.3 is 9.80 Å². The highest BCUT2D eigenvalue weighted by molar-refractivity contribution is 5.92. The zero-order valence-electron chi connectivity index (χ0n) is 27.4. The van der Waals surface area contributed by atoms with E-state index in [2.05, 4.69) is 177 Å². The molecule has 238 valence electrons. The smallest absolute Gasteiger partial charge is 0.0462 e. The van der Waals surface area contributed by atoms with Crippen molar-refractivity contribution in [1.82, 2.24) is 9.97 Å². The molecule has 8 rings (SSSR count). The lowest BCUT2D eigenvalue weighted by atomic mass is 9.91. The summed E-state index contributed by atoms with van der Waals surface area (Å²) in [4.78, 5) is 13.7. The molecule has 0 atom stereocenters. The number of anilines is 6. The number of hydrogen-bond acceptors (Lipinski definition) is 4. The highest BCUT2D eigenvalue weighted by atomic mass is 15.1. The molecule has 0 aliphatic rings. The van der Waals surface area contributed by atoms with Gasteiger partial charge in [-0.2, -0.15) is 0 Å². The van der Waals surface area contributed by atoms with Crippen LogP contribution < -0.4 is 9.80 Å². The van der Waals surface area contributed by atoms with Crippen molar-refractivity contribution in [2.75, 3.05) is 9.80 Å². The Balaban J connectivity index is 1.14. The van der Waals surface area contributed by atoms with Crippen LogP contribution in [0.2, 0.25) is 0 Å². The van der Waals surface area contributed by atoms with Gasteiger partial charge in [0.25, 0.3) is 0 Å². The Morgan fingerprint density at radius 1 is 0.260 bits per heavy atom. The van der Waals surface area contributed by atoms with E-state index in [4.69, 9.17) is 0 Å². The molecule has 8 aromatic rings. The largest absolute Gasteiger partial charge is 0.311 e. The van der Waals surface area contributed by atoms with Crippen LogP contribution in [-0.2, 0) is 0 Å². The average Bonchev–Trinajstić information content (AvgIpc) is 3.20. The minimum atomic E-state index is 1.06. The van der Waals surface area contributed by atoms with Crippen molar-refractivity contribution < 1.29 is 0 Å². The summed E-state index contributed by atoms with van der Waals surface area (Å²) in [6, 6.07) is 63.6.